The molecule has 2 rings (SSSR count). The van der Waals surface area contributed by atoms with Crippen LogP contribution in [0.15, 0.2) is 18.2 Å². The number of hydrogen-bond donors (Lipinski definition) is 2. The van der Waals surface area contributed by atoms with E-state index in [9.17, 15) is 9.50 Å². The number of nitrogens with one attached hydrogen (secondary N) is 1. The molecular formula is C15H22FNO3. The zero-order valence-electron chi connectivity index (χ0n) is 12.1. The van der Waals surface area contributed by atoms with Crippen molar-refractivity contribution in [3.63, 3.8) is 0 Å². The van der Waals surface area contributed by atoms with Crippen LogP contribution in [0.25, 0.3) is 0 Å². The fraction of sp³-hybridized carbons (Fsp3) is 0.600. The van der Waals surface area contributed by atoms with Crippen LogP contribution < -0.4 is 10.1 Å². The Bertz CT molecular complexity index is 468. The van der Waals surface area contributed by atoms with Gasteiger partial charge < -0.3 is 19.9 Å². The molecule has 0 aliphatic carbocycles. The van der Waals surface area contributed by atoms with Crippen molar-refractivity contribution < 1.29 is 19.0 Å². The molecule has 1 aromatic rings. The maximum Gasteiger partial charge on any atom is 0.131 e. The van der Waals surface area contributed by atoms with E-state index in [0.29, 0.717) is 30.9 Å². The Morgan fingerprint density at radius 1 is 1.60 bits per heavy atom. The molecule has 2 N–H and O–H groups in total. The molecule has 1 heterocycles. The van der Waals surface area contributed by atoms with E-state index >= 15 is 0 Å². The van der Waals surface area contributed by atoms with Crippen molar-refractivity contribution in [2.45, 2.75) is 38.0 Å². The lowest BCUT2D eigenvalue weighted by atomic mass is 9.95. The standard InChI is InChI=1S/C15H22FNO3/c1-10(14-12(16)5-4-6-13(14)19-3)17-9-15(18)7-8-20-11(15)2/h4-6,10-11,17-18H,7-9H2,1-3H3. The molecule has 1 aliphatic rings. The first-order valence-corrected chi connectivity index (χ1v) is 6.87. The summed E-state index contributed by atoms with van der Waals surface area (Å²) >= 11 is 0. The van der Waals surface area contributed by atoms with E-state index in [0.717, 1.165) is 0 Å². The largest absolute Gasteiger partial charge is 0.496 e. The third-order valence-electron chi connectivity index (χ3n) is 4.04. The zero-order valence-corrected chi connectivity index (χ0v) is 12.1. The van der Waals surface area contributed by atoms with Gasteiger partial charge in [-0.2, -0.15) is 0 Å². The summed E-state index contributed by atoms with van der Waals surface area (Å²) in [5.41, 5.74) is -0.419. The number of hydrogen-bond acceptors (Lipinski definition) is 4. The highest BCUT2D eigenvalue weighted by molar-refractivity contribution is 5.36. The van der Waals surface area contributed by atoms with Gasteiger partial charge in [-0.25, -0.2) is 4.39 Å². The lowest BCUT2D eigenvalue weighted by molar-refractivity contribution is -0.0275. The molecule has 112 valence electrons. The van der Waals surface area contributed by atoms with Crippen molar-refractivity contribution in [1.29, 1.82) is 0 Å². The summed E-state index contributed by atoms with van der Waals surface area (Å²) < 4.78 is 24.5. The van der Waals surface area contributed by atoms with Gasteiger partial charge in [0, 0.05) is 31.2 Å². The molecule has 1 fully saturated rings. The highest BCUT2D eigenvalue weighted by Crippen LogP contribution is 2.29. The van der Waals surface area contributed by atoms with Crippen molar-refractivity contribution in [1.82, 2.24) is 5.32 Å². The Hall–Kier alpha value is -1.17. The number of rotatable bonds is 5. The first-order chi connectivity index (χ1) is 9.48. The van der Waals surface area contributed by atoms with Crippen molar-refractivity contribution in [3.05, 3.63) is 29.6 Å². The quantitative estimate of drug-likeness (QED) is 0.868. The lowest BCUT2D eigenvalue weighted by Crippen LogP contribution is -2.46. The molecule has 0 amide bonds. The molecule has 0 bridgehead atoms. The summed E-state index contributed by atoms with van der Waals surface area (Å²) in [7, 11) is 1.52. The van der Waals surface area contributed by atoms with Gasteiger partial charge in [0.1, 0.15) is 17.2 Å². The maximum absolute atomic E-state index is 14.0. The molecule has 5 heteroatoms. The molecular weight excluding hydrogens is 261 g/mol. The molecule has 1 aromatic carbocycles. The fourth-order valence-corrected chi connectivity index (χ4v) is 2.55. The van der Waals surface area contributed by atoms with E-state index in [-0.39, 0.29) is 18.0 Å². The Morgan fingerprint density at radius 3 is 2.95 bits per heavy atom. The maximum atomic E-state index is 14.0. The summed E-state index contributed by atoms with van der Waals surface area (Å²) in [5, 5.41) is 13.6. The Labute approximate surface area is 118 Å². The van der Waals surface area contributed by atoms with Crippen LogP contribution in [0.2, 0.25) is 0 Å². The van der Waals surface area contributed by atoms with Gasteiger partial charge >= 0.3 is 0 Å². The SMILES string of the molecule is COc1cccc(F)c1C(C)NCC1(O)CCOC1C. The molecule has 0 spiro atoms. The molecule has 0 aromatic heterocycles. The molecule has 20 heavy (non-hydrogen) atoms. The van der Waals surface area contributed by atoms with Gasteiger partial charge in [0.05, 0.1) is 13.2 Å². The lowest BCUT2D eigenvalue weighted by Gasteiger charge is -2.28. The van der Waals surface area contributed by atoms with Crippen molar-refractivity contribution in [3.8, 4) is 5.75 Å². The summed E-state index contributed by atoms with van der Waals surface area (Å²) in [4.78, 5) is 0. The molecule has 1 aliphatic heterocycles. The van der Waals surface area contributed by atoms with Crippen LogP contribution in [-0.4, -0.2) is 37.1 Å². The summed E-state index contributed by atoms with van der Waals surface area (Å²) in [6.45, 7) is 4.61. The molecule has 4 nitrogen and oxygen atoms in total. The topological polar surface area (TPSA) is 50.7 Å². The van der Waals surface area contributed by atoms with Crippen LogP contribution >= 0.6 is 0 Å². The van der Waals surface area contributed by atoms with Crippen LogP contribution in [0, 0.1) is 5.82 Å². The van der Waals surface area contributed by atoms with E-state index in [2.05, 4.69) is 5.32 Å². The van der Waals surface area contributed by atoms with Gasteiger partial charge in [0.25, 0.3) is 0 Å². The zero-order chi connectivity index (χ0) is 14.8. The first kappa shape index (κ1) is 15.2. The van der Waals surface area contributed by atoms with Crippen LogP contribution in [-0.2, 0) is 4.74 Å². The summed E-state index contributed by atoms with van der Waals surface area (Å²) in [6.07, 6.45) is 0.368. The second-order valence-corrected chi connectivity index (χ2v) is 5.32. The third kappa shape index (κ3) is 2.95. The number of ether oxygens (including phenoxy) is 2. The molecule has 1 saturated heterocycles. The molecule has 0 saturated carbocycles. The van der Waals surface area contributed by atoms with Crippen molar-refractivity contribution in [2.75, 3.05) is 20.3 Å². The normalized spacial score (nSPS) is 27.6. The monoisotopic (exact) mass is 283 g/mol. The highest BCUT2D eigenvalue weighted by atomic mass is 19.1. The minimum Gasteiger partial charge on any atom is -0.496 e. The number of benzene rings is 1. The molecule has 0 radical (unpaired) electrons. The van der Waals surface area contributed by atoms with Gasteiger partial charge in [-0.05, 0) is 26.0 Å². The minimum atomic E-state index is -0.896. The molecule has 3 unspecified atom stereocenters. The average Bonchev–Trinajstić information content (AvgIpc) is 2.76. The predicted molar refractivity (Wildman–Crippen MR) is 74.4 cm³/mol. The van der Waals surface area contributed by atoms with Gasteiger partial charge in [-0.15, -0.1) is 0 Å². The van der Waals surface area contributed by atoms with Crippen molar-refractivity contribution in [2.24, 2.45) is 0 Å². The molecule has 3 atom stereocenters. The van der Waals surface area contributed by atoms with Crippen LogP contribution in [0.1, 0.15) is 31.9 Å². The van der Waals surface area contributed by atoms with E-state index in [4.69, 9.17) is 9.47 Å². The Kier molecular flexibility index (Phi) is 4.62. The van der Waals surface area contributed by atoms with Gasteiger partial charge in [0.2, 0.25) is 0 Å². The number of halogens is 1. The minimum absolute atomic E-state index is 0.218. The fourth-order valence-electron chi connectivity index (χ4n) is 2.55. The van der Waals surface area contributed by atoms with Gasteiger partial charge in [0.15, 0.2) is 0 Å². The predicted octanol–water partition coefficient (Wildman–Crippen LogP) is 2.02. The second-order valence-electron chi connectivity index (χ2n) is 5.32. The Balaban J connectivity index is 2.07. The smallest absolute Gasteiger partial charge is 0.131 e. The van der Waals surface area contributed by atoms with Crippen LogP contribution in [0.4, 0.5) is 4.39 Å². The summed E-state index contributed by atoms with van der Waals surface area (Å²) in [5.74, 6) is 0.194. The van der Waals surface area contributed by atoms with E-state index < -0.39 is 5.60 Å². The van der Waals surface area contributed by atoms with Crippen molar-refractivity contribution >= 4 is 0 Å². The van der Waals surface area contributed by atoms with E-state index in [1.54, 1.807) is 12.1 Å². The van der Waals surface area contributed by atoms with Crippen LogP contribution in [0.5, 0.6) is 5.75 Å². The number of methoxy groups -OCH3 is 1. The highest BCUT2D eigenvalue weighted by Gasteiger charge is 2.39. The third-order valence-corrected chi connectivity index (χ3v) is 4.04. The summed E-state index contributed by atoms with van der Waals surface area (Å²) in [6, 6.07) is 4.49. The van der Waals surface area contributed by atoms with E-state index in [1.807, 2.05) is 13.8 Å². The average molecular weight is 283 g/mol. The van der Waals surface area contributed by atoms with Crippen LogP contribution in [0.3, 0.4) is 0 Å². The first-order valence-electron chi connectivity index (χ1n) is 6.87. The van der Waals surface area contributed by atoms with Gasteiger partial charge in [-0.1, -0.05) is 6.07 Å². The Morgan fingerprint density at radius 2 is 2.35 bits per heavy atom. The van der Waals surface area contributed by atoms with Gasteiger partial charge in [-0.3, -0.25) is 0 Å². The second kappa shape index (κ2) is 6.08. The van der Waals surface area contributed by atoms with E-state index in [1.165, 1.54) is 13.2 Å². The number of aliphatic hydroxyl groups is 1.